The molecule has 0 aromatic carbocycles. The van der Waals surface area contributed by atoms with Gasteiger partial charge < -0.3 is 9.47 Å². The summed E-state index contributed by atoms with van der Waals surface area (Å²) >= 11 is 0. The Bertz CT molecular complexity index is 604. The Morgan fingerprint density at radius 1 is 1.18 bits per heavy atom. The maximum atomic E-state index is 12.4. The topological polar surface area (TPSA) is 38.8 Å². The molecule has 2 bridgehead atoms. The number of fused-ring (bicyclic) bond motifs is 2. The molecule has 0 spiro atoms. The van der Waals surface area contributed by atoms with Gasteiger partial charge in [0.05, 0.1) is 17.3 Å². The summed E-state index contributed by atoms with van der Waals surface area (Å²) in [6, 6.07) is 0. The third kappa shape index (κ3) is 1.94. The molecular formula is C19H26O3. The lowest BCUT2D eigenvalue weighted by Gasteiger charge is -2.47. The van der Waals surface area contributed by atoms with Crippen molar-refractivity contribution in [2.75, 3.05) is 0 Å². The standard InChI is InChI=1S/C19H26O3/c1-12-11-14(20)13-5-7-17(2)8-6-15-19(4,21-15)10-9-18(12,3)16(13)22-17/h5,7,12,15H,6,8-11H2,1-4H3/t12-,15+,17+,18+,19+/m0/s1. The molecule has 1 aliphatic carbocycles. The fourth-order valence-electron chi connectivity index (χ4n) is 4.43. The average molecular weight is 302 g/mol. The summed E-state index contributed by atoms with van der Waals surface area (Å²) in [7, 11) is 0. The number of Topliss-reactive ketones (excluding diaryl/α,β-unsaturated/α-hetero) is 1. The fourth-order valence-corrected chi connectivity index (χ4v) is 4.43. The maximum Gasteiger partial charge on any atom is 0.166 e. The Balaban J connectivity index is 1.80. The summed E-state index contributed by atoms with van der Waals surface area (Å²) in [6.07, 6.45) is 9.16. The third-order valence-electron chi connectivity index (χ3n) is 6.66. The molecule has 0 aromatic rings. The molecule has 120 valence electrons. The number of epoxide rings is 1. The molecule has 0 unspecified atom stereocenters. The fraction of sp³-hybridized carbons (Fsp3) is 0.737. The van der Waals surface area contributed by atoms with Gasteiger partial charge in [0.1, 0.15) is 11.4 Å². The largest absolute Gasteiger partial charge is 0.486 e. The van der Waals surface area contributed by atoms with Gasteiger partial charge in [-0.15, -0.1) is 0 Å². The second-order valence-electron chi connectivity index (χ2n) is 8.39. The van der Waals surface area contributed by atoms with E-state index in [4.69, 9.17) is 9.47 Å². The number of ketones is 1. The number of ether oxygens (including phenoxy) is 2. The Kier molecular flexibility index (Phi) is 2.80. The normalized spacial score (nSPS) is 50.3. The van der Waals surface area contributed by atoms with Crippen LogP contribution in [0.2, 0.25) is 0 Å². The van der Waals surface area contributed by atoms with Gasteiger partial charge in [0.25, 0.3) is 0 Å². The highest BCUT2D eigenvalue weighted by Gasteiger charge is 2.56. The van der Waals surface area contributed by atoms with Crippen LogP contribution in [0.5, 0.6) is 0 Å². The highest BCUT2D eigenvalue weighted by molar-refractivity contribution is 6.00. The summed E-state index contributed by atoms with van der Waals surface area (Å²) in [4.78, 5) is 12.4. The average Bonchev–Trinajstić information content (AvgIpc) is 3.12. The summed E-state index contributed by atoms with van der Waals surface area (Å²) in [5.74, 6) is 1.50. The molecule has 0 aromatic heterocycles. The van der Waals surface area contributed by atoms with E-state index < -0.39 is 0 Å². The molecular weight excluding hydrogens is 276 g/mol. The van der Waals surface area contributed by atoms with Crippen LogP contribution in [-0.2, 0) is 14.3 Å². The van der Waals surface area contributed by atoms with Crippen molar-refractivity contribution in [2.24, 2.45) is 11.3 Å². The summed E-state index contributed by atoms with van der Waals surface area (Å²) in [5.41, 5.74) is 0.488. The molecule has 3 aliphatic heterocycles. The molecule has 0 saturated carbocycles. The minimum Gasteiger partial charge on any atom is -0.486 e. The van der Waals surface area contributed by atoms with Crippen LogP contribution in [0.3, 0.4) is 0 Å². The Morgan fingerprint density at radius 2 is 1.95 bits per heavy atom. The molecule has 0 amide bonds. The van der Waals surface area contributed by atoms with Gasteiger partial charge in [-0.1, -0.05) is 13.8 Å². The minimum absolute atomic E-state index is 0.0383. The van der Waals surface area contributed by atoms with E-state index in [1.807, 2.05) is 6.08 Å². The highest BCUT2D eigenvalue weighted by Crippen LogP contribution is 2.55. The number of carbonyl (C=O) groups excluding carboxylic acids is 1. The van der Waals surface area contributed by atoms with E-state index in [2.05, 4.69) is 33.8 Å². The van der Waals surface area contributed by atoms with Gasteiger partial charge >= 0.3 is 0 Å². The van der Waals surface area contributed by atoms with E-state index in [0.29, 0.717) is 18.4 Å². The van der Waals surface area contributed by atoms with Crippen LogP contribution in [0.15, 0.2) is 23.5 Å². The number of allylic oxidation sites excluding steroid dienone is 3. The van der Waals surface area contributed by atoms with Crippen LogP contribution in [-0.4, -0.2) is 23.1 Å². The highest BCUT2D eigenvalue weighted by atomic mass is 16.6. The van der Waals surface area contributed by atoms with Gasteiger partial charge in [-0.05, 0) is 57.6 Å². The quantitative estimate of drug-likeness (QED) is 0.636. The second kappa shape index (κ2) is 4.25. The maximum absolute atomic E-state index is 12.4. The lowest BCUT2D eigenvalue weighted by Crippen LogP contribution is -2.43. The van der Waals surface area contributed by atoms with Crippen LogP contribution >= 0.6 is 0 Å². The first-order chi connectivity index (χ1) is 10.3. The molecule has 0 N–H and O–H groups in total. The summed E-state index contributed by atoms with van der Waals surface area (Å²) < 4.78 is 12.5. The van der Waals surface area contributed by atoms with E-state index in [1.54, 1.807) is 0 Å². The van der Waals surface area contributed by atoms with E-state index in [9.17, 15) is 4.79 Å². The zero-order valence-electron chi connectivity index (χ0n) is 14.1. The lowest BCUT2D eigenvalue weighted by molar-refractivity contribution is -0.120. The minimum atomic E-state index is -0.304. The van der Waals surface area contributed by atoms with Crippen LogP contribution < -0.4 is 0 Å². The number of rotatable bonds is 0. The van der Waals surface area contributed by atoms with Gasteiger partial charge in [-0.25, -0.2) is 0 Å². The Labute approximate surface area is 132 Å². The predicted molar refractivity (Wildman–Crippen MR) is 84.3 cm³/mol. The third-order valence-corrected chi connectivity index (χ3v) is 6.66. The molecule has 2 fully saturated rings. The smallest absolute Gasteiger partial charge is 0.166 e. The van der Waals surface area contributed by atoms with E-state index in [-0.39, 0.29) is 22.4 Å². The number of hydrogen-bond donors (Lipinski definition) is 0. The first kappa shape index (κ1) is 14.5. The van der Waals surface area contributed by atoms with Gasteiger partial charge in [0.2, 0.25) is 0 Å². The van der Waals surface area contributed by atoms with E-state index in [1.165, 1.54) is 0 Å². The van der Waals surface area contributed by atoms with E-state index in [0.717, 1.165) is 37.0 Å². The molecule has 22 heavy (non-hydrogen) atoms. The Morgan fingerprint density at radius 3 is 2.73 bits per heavy atom. The van der Waals surface area contributed by atoms with E-state index >= 15 is 0 Å². The SMILES string of the molecule is C[C@H]1CC(=O)C2=C3O[C@](C)(C=C2)CC[C@H]2O[C@]2(C)CC[C@@]31C. The number of hydrogen-bond acceptors (Lipinski definition) is 3. The molecule has 5 atom stereocenters. The molecule has 3 heteroatoms. The summed E-state index contributed by atoms with van der Waals surface area (Å²) in [6.45, 7) is 8.85. The molecule has 2 saturated heterocycles. The van der Waals surface area contributed by atoms with Crippen molar-refractivity contribution in [3.63, 3.8) is 0 Å². The first-order valence-corrected chi connectivity index (χ1v) is 8.60. The molecule has 3 heterocycles. The lowest BCUT2D eigenvalue weighted by atomic mass is 9.64. The van der Waals surface area contributed by atoms with Crippen LogP contribution in [0.25, 0.3) is 0 Å². The van der Waals surface area contributed by atoms with Gasteiger partial charge in [-0.3, -0.25) is 4.79 Å². The zero-order chi connectivity index (χ0) is 15.8. The van der Waals surface area contributed by atoms with Crippen LogP contribution in [0.4, 0.5) is 0 Å². The van der Waals surface area contributed by atoms with Crippen LogP contribution in [0, 0.1) is 11.3 Å². The zero-order valence-corrected chi connectivity index (χ0v) is 14.1. The Hall–Kier alpha value is -1.09. The van der Waals surface area contributed by atoms with Crippen molar-refractivity contribution in [2.45, 2.75) is 77.1 Å². The van der Waals surface area contributed by atoms with Crippen molar-refractivity contribution < 1.29 is 14.3 Å². The second-order valence-corrected chi connectivity index (χ2v) is 8.39. The van der Waals surface area contributed by atoms with Gasteiger partial charge in [-0.2, -0.15) is 0 Å². The van der Waals surface area contributed by atoms with Crippen molar-refractivity contribution in [3.05, 3.63) is 23.5 Å². The predicted octanol–water partition coefficient (Wildman–Crippen LogP) is 3.93. The van der Waals surface area contributed by atoms with Gasteiger partial charge in [0, 0.05) is 11.8 Å². The van der Waals surface area contributed by atoms with Crippen molar-refractivity contribution in [1.29, 1.82) is 0 Å². The number of carbonyl (C=O) groups is 1. The molecule has 3 nitrogen and oxygen atoms in total. The monoisotopic (exact) mass is 302 g/mol. The molecule has 0 radical (unpaired) electrons. The van der Waals surface area contributed by atoms with Crippen molar-refractivity contribution in [3.8, 4) is 0 Å². The van der Waals surface area contributed by atoms with Crippen LogP contribution in [0.1, 0.15) is 59.8 Å². The van der Waals surface area contributed by atoms with Gasteiger partial charge in [0.15, 0.2) is 5.78 Å². The molecule has 4 rings (SSSR count). The van der Waals surface area contributed by atoms with Crippen molar-refractivity contribution in [1.82, 2.24) is 0 Å². The van der Waals surface area contributed by atoms with Crippen molar-refractivity contribution >= 4 is 5.78 Å². The summed E-state index contributed by atoms with van der Waals surface area (Å²) in [5, 5.41) is 0. The first-order valence-electron chi connectivity index (χ1n) is 8.60. The molecule has 4 aliphatic rings.